The van der Waals surface area contributed by atoms with Crippen LogP contribution in [0.15, 0.2) is 47.2 Å². The lowest BCUT2D eigenvalue weighted by Crippen LogP contribution is -1.89. The van der Waals surface area contributed by atoms with E-state index in [2.05, 4.69) is 38.1 Å². The molecule has 0 aliphatic heterocycles. The Hall–Kier alpha value is -1.68. The molecule has 0 aliphatic carbocycles. The largest absolute Gasteiger partial charge is 0.267 e. The van der Waals surface area contributed by atoms with Crippen molar-refractivity contribution in [2.24, 2.45) is 7.05 Å². The molecule has 0 saturated heterocycles. The molecule has 2 aromatic heterocycles. The van der Waals surface area contributed by atoms with Crippen LogP contribution in [0.4, 0.5) is 0 Å². The average molecular weight is 288 g/mol. The third kappa shape index (κ3) is 1.74. The highest BCUT2D eigenvalue weighted by molar-refractivity contribution is 9.10. The maximum absolute atomic E-state index is 4.56. The Balaban J connectivity index is 2.34. The summed E-state index contributed by atoms with van der Waals surface area (Å²) >= 11 is 3.50. The lowest BCUT2D eigenvalue weighted by atomic mass is 10.1. The summed E-state index contributed by atoms with van der Waals surface area (Å²) in [5, 5.41) is 5.69. The van der Waals surface area contributed by atoms with E-state index in [1.165, 1.54) is 0 Å². The SMILES string of the molecule is Cn1nc(-c2cccnc2)c2cc(Br)ccc21. The molecule has 17 heavy (non-hydrogen) atoms. The van der Waals surface area contributed by atoms with Crippen molar-refractivity contribution >= 4 is 26.8 Å². The van der Waals surface area contributed by atoms with Crippen molar-refractivity contribution in [2.75, 3.05) is 0 Å². The minimum atomic E-state index is 0.969. The van der Waals surface area contributed by atoms with Gasteiger partial charge in [-0.25, -0.2) is 0 Å². The number of pyridine rings is 1. The quantitative estimate of drug-likeness (QED) is 0.687. The van der Waals surface area contributed by atoms with E-state index in [-0.39, 0.29) is 0 Å². The second kappa shape index (κ2) is 3.96. The van der Waals surface area contributed by atoms with E-state index in [4.69, 9.17) is 0 Å². The molecule has 3 aromatic rings. The third-order valence-corrected chi connectivity index (χ3v) is 3.24. The molecule has 0 bridgehead atoms. The molecule has 4 heteroatoms. The van der Waals surface area contributed by atoms with Gasteiger partial charge in [-0.15, -0.1) is 0 Å². The fourth-order valence-corrected chi connectivity index (χ4v) is 2.32. The topological polar surface area (TPSA) is 30.7 Å². The number of halogens is 1. The molecule has 2 heterocycles. The smallest absolute Gasteiger partial charge is 0.102 e. The Bertz CT molecular complexity index is 674. The van der Waals surface area contributed by atoms with Crippen LogP contribution in [0.25, 0.3) is 22.2 Å². The molecule has 3 nitrogen and oxygen atoms in total. The average Bonchev–Trinajstić information content (AvgIpc) is 2.67. The summed E-state index contributed by atoms with van der Waals surface area (Å²) in [6.07, 6.45) is 3.60. The number of aromatic nitrogens is 3. The third-order valence-electron chi connectivity index (χ3n) is 2.75. The summed E-state index contributed by atoms with van der Waals surface area (Å²) in [5.74, 6) is 0. The number of fused-ring (bicyclic) bond motifs is 1. The normalized spacial score (nSPS) is 10.9. The van der Waals surface area contributed by atoms with Crippen LogP contribution in [0, 0.1) is 0 Å². The van der Waals surface area contributed by atoms with Gasteiger partial charge in [0.05, 0.1) is 5.52 Å². The molecular weight excluding hydrogens is 278 g/mol. The molecular formula is C13H10BrN3. The first-order valence-electron chi connectivity index (χ1n) is 5.28. The molecule has 3 rings (SSSR count). The van der Waals surface area contributed by atoms with E-state index < -0.39 is 0 Å². The lowest BCUT2D eigenvalue weighted by molar-refractivity contribution is 0.800. The van der Waals surface area contributed by atoms with Crippen LogP contribution < -0.4 is 0 Å². The summed E-state index contributed by atoms with van der Waals surface area (Å²) in [4.78, 5) is 4.14. The Morgan fingerprint density at radius 2 is 2.12 bits per heavy atom. The van der Waals surface area contributed by atoms with Crippen LogP contribution in [-0.4, -0.2) is 14.8 Å². The summed E-state index contributed by atoms with van der Waals surface area (Å²) in [7, 11) is 1.95. The number of nitrogens with zero attached hydrogens (tertiary/aromatic N) is 3. The maximum atomic E-state index is 4.56. The molecule has 0 spiro atoms. The highest BCUT2D eigenvalue weighted by Crippen LogP contribution is 2.29. The zero-order valence-electron chi connectivity index (χ0n) is 9.26. The molecule has 0 unspecified atom stereocenters. The van der Waals surface area contributed by atoms with Gasteiger partial charge in [-0.1, -0.05) is 15.9 Å². The zero-order chi connectivity index (χ0) is 11.8. The Labute approximate surface area is 107 Å². The molecule has 0 N–H and O–H groups in total. The minimum Gasteiger partial charge on any atom is -0.267 e. The minimum absolute atomic E-state index is 0.969. The Morgan fingerprint density at radius 3 is 2.88 bits per heavy atom. The molecule has 0 amide bonds. The first kappa shape index (κ1) is 10.5. The van der Waals surface area contributed by atoms with Gasteiger partial charge >= 0.3 is 0 Å². The first-order valence-corrected chi connectivity index (χ1v) is 6.07. The molecule has 0 fully saturated rings. The van der Waals surface area contributed by atoms with Gasteiger partial charge in [0, 0.05) is 34.9 Å². The van der Waals surface area contributed by atoms with Gasteiger partial charge in [-0.05, 0) is 30.3 Å². The van der Waals surface area contributed by atoms with E-state index in [1.807, 2.05) is 36.1 Å². The lowest BCUT2D eigenvalue weighted by Gasteiger charge is -1.96. The number of hydrogen-bond acceptors (Lipinski definition) is 2. The van der Waals surface area contributed by atoms with Gasteiger partial charge in [-0.2, -0.15) is 5.10 Å². The van der Waals surface area contributed by atoms with Crippen molar-refractivity contribution in [2.45, 2.75) is 0 Å². The van der Waals surface area contributed by atoms with Crippen LogP contribution in [0.1, 0.15) is 0 Å². The van der Waals surface area contributed by atoms with Crippen LogP contribution in [0.3, 0.4) is 0 Å². The van der Waals surface area contributed by atoms with Gasteiger partial charge in [-0.3, -0.25) is 9.67 Å². The summed E-state index contributed by atoms with van der Waals surface area (Å²) in [5.41, 5.74) is 3.13. The van der Waals surface area contributed by atoms with E-state index in [1.54, 1.807) is 6.20 Å². The van der Waals surface area contributed by atoms with Gasteiger partial charge in [0.15, 0.2) is 0 Å². The Morgan fingerprint density at radius 1 is 1.24 bits per heavy atom. The van der Waals surface area contributed by atoms with E-state index in [9.17, 15) is 0 Å². The highest BCUT2D eigenvalue weighted by Gasteiger charge is 2.10. The number of aryl methyl sites for hydroxylation is 1. The standard InChI is InChI=1S/C13H10BrN3/c1-17-12-5-4-10(14)7-11(12)13(16-17)9-3-2-6-15-8-9/h2-8H,1H3. The van der Waals surface area contributed by atoms with Crippen molar-refractivity contribution < 1.29 is 0 Å². The van der Waals surface area contributed by atoms with Crippen LogP contribution >= 0.6 is 15.9 Å². The van der Waals surface area contributed by atoms with Crippen molar-refractivity contribution in [3.05, 3.63) is 47.2 Å². The highest BCUT2D eigenvalue weighted by atomic mass is 79.9. The fourth-order valence-electron chi connectivity index (χ4n) is 1.95. The van der Waals surface area contributed by atoms with E-state index in [0.29, 0.717) is 0 Å². The van der Waals surface area contributed by atoms with E-state index >= 15 is 0 Å². The number of hydrogen-bond donors (Lipinski definition) is 0. The maximum Gasteiger partial charge on any atom is 0.102 e. The summed E-state index contributed by atoms with van der Waals surface area (Å²) < 4.78 is 2.95. The van der Waals surface area contributed by atoms with Gasteiger partial charge < -0.3 is 0 Å². The summed E-state index contributed by atoms with van der Waals surface area (Å²) in [6.45, 7) is 0. The second-order valence-electron chi connectivity index (χ2n) is 3.88. The molecule has 0 radical (unpaired) electrons. The van der Waals surface area contributed by atoms with Crippen LogP contribution in [-0.2, 0) is 7.05 Å². The second-order valence-corrected chi connectivity index (χ2v) is 4.79. The van der Waals surface area contributed by atoms with Crippen LogP contribution in [0.2, 0.25) is 0 Å². The van der Waals surface area contributed by atoms with Crippen LogP contribution in [0.5, 0.6) is 0 Å². The van der Waals surface area contributed by atoms with Crippen molar-refractivity contribution in [3.63, 3.8) is 0 Å². The van der Waals surface area contributed by atoms with Crippen molar-refractivity contribution in [3.8, 4) is 11.3 Å². The van der Waals surface area contributed by atoms with Gasteiger partial charge in [0.1, 0.15) is 5.69 Å². The monoisotopic (exact) mass is 287 g/mol. The predicted octanol–water partition coefficient (Wildman–Crippen LogP) is 3.40. The van der Waals surface area contributed by atoms with Gasteiger partial charge in [0.2, 0.25) is 0 Å². The van der Waals surface area contributed by atoms with Crippen molar-refractivity contribution in [1.82, 2.24) is 14.8 Å². The molecule has 0 aliphatic rings. The summed E-state index contributed by atoms with van der Waals surface area (Å²) in [6, 6.07) is 10.1. The van der Waals surface area contributed by atoms with Crippen molar-refractivity contribution in [1.29, 1.82) is 0 Å². The molecule has 0 atom stereocenters. The Kier molecular flexibility index (Phi) is 2.44. The number of benzene rings is 1. The van der Waals surface area contributed by atoms with E-state index in [0.717, 1.165) is 26.6 Å². The predicted molar refractivity (Wildman–Crippen MR) is 71.6 cm³/mol. The molecule has 1 aromatic carbocycles. The first-order chi connectivity index (χ1) is 8.25. The number of rotatable bonds is 1. The van der Waals surface area contributed by atoms with Gasteiger partial charge in [0.25, 0.3) is 0 Å². The molecule has 84 valence electrons. The fraction of sp³-hybridized carbons (Fsp3) is 0.0769. The molecule has 0 saturated carbocycles. The zero-order valence-corrected chi connectivity index (χ0v) is 10.8.